The molecule has 0 fully saturated rings. The molecule has 6 heteroatoms. The molecular formula is C14H20N2O4. The summed E-state index contributed by atoms with van der Waals surface area (Å²) in [5.74, 6) is -0.201. The fourth-order valence-corrected chi connectivity index (χ4v) is 1.47. The van der Waals surface area contributed by atoms with Crippen LogP contribution in [0.15, 0.2) is 12.1 Å². The van der Waals surface area contributed by atoms with Crippen molar-refractivity contribution in [2.75, 3.05) is 11.9 Å². The van der Waals surface area contributed by atoms with Crippen LogP contribution in [0.4, 0.5) is 10.6 Å². The van der Waals surface area contributed by atoms with Crippen LogP contribution in [-0.4, -0.2) is 29.3 Å². The molecule has 0 aliphatic carbocycles. The van der Waals surface area contributed by atoms with E-state index in [9.17, 15) is 9.59 Å². The first-order valence-electron chi connectivity index (χ1n) is 6.37. The molecule has 1 aromatic heterocycles. The van der Waals surface area contributed by atoms with Crippen LogP contribution in [-0.2, 0) is 9.47 Å². The molecule has 6 nitrogen and oxygen atoms in total. The molecule has 0 saturated carbocycles. The normalized spacial score (nSPS) is 10.8. The van der Waals surface area contributed by atoms with Gasteiger partial charge in [-0.25, -0.2) is 14.6 Å². The van der Waals surface area contributed by atoms with Gasteiger partial charge < -0.3 is 9.47 Å². The van der Waals surface area contributed by atoms with Crippen LogP contribution >= 0.6 is 0 Å². The van der Waals surface area contributed by atoms with Gasteiger partial charge in [0.1, 0.15) is 11.4 Å². The summed E-state index contributed by atoms with van der Waals surface area (Å²) in [7, 11) is 0. The van der Waals surface area contributed by atoms with E-state index < -0.39 is 17.7 Å². The van der Waals surface area contributed by atoms with Crippen LogP contribution < -0.4 is 5.32 Å². The van der Waals surface area contributed by atoms with Gasteiger partial charge in [-0.3, -0.25) is 5.32 Å². The Morgan fingerprint density at radius 1 is 1.30 bits per heavy atom. The highest BCUT2D eigenvalue weighted by Gasteiger charge is 2.17. The SMILES string of the molecule is CCOC(=O)c1cc(C)nc(NC(=O)OC(C)(C)C)c1. The number of carbonyl (C=O) groups excluding carboxylic acids is 2. The van der Waals surface area contributed by atoms with Crippen LogP contribution in [0.2, 0.25) is 0 Å². The summed E-state index contributed by atoms with van der Waals surface area (Å²) in [6.07, 6.45) is -0.620. The molecule has 0 aliphatic rings. The molecule has 1 N–H and O–H groups in total. The summed E-state index contributed by atoms with van der Waals surface area (Å²) < 4.78 is 10.0. The standard InChI is InChI=1S/C14H20N2O4/c1-6-19-12(17)10-7-9(2)15-11(8-10)16-13(18)20-14(3,4)5/h7-8H,6H2,1-5H3,(H,15,16,18). The number of rotatable bonds is 3. The summed E-state index contributed by atoms with van der Waals surface area (Å²) in [4.78, 5) is 27.5. The number of nitrogens with zero attached hydrogens (tertiary/aromatic N) is 1. The minimum absolute atomic E-state index is 0.252. The average molecular weight is 280 g/mol. The van der Waals surface area contributed by atoms with E-state index in [0.29, 0.717) is 11.3 Å². The molecule has 0 unspecified atom stereocenters. The number of hydrogen-bond acceptors (Lipinski definition) is 5. The Labute approximate surface area is 118 Å². The second-order valence-electron chi connectivity index (χ2n) is 5.23. The summed E-state index contributed by atoms with van der Waals surface area (Å²) in [5, 5.41) is 2.50. The highest BCUT2D eigenvalue weighted by Crippen LogP contribution is 2.14. The number of anilines is 1. The van der Waals surface area contributed by atoms with Crippen molar-refractivity contribution >= 4 is 17.9 Å². The minimum Gasteiger partial charge on any atom is -0.462 e. The topological polar surface area (TPSA) is 77.5 Å². The maximum absolute atomic E-state index is 11.7. The number of carbonyl (C=O) groups is 2. The van der Waals surface area contributed by atoms with Crippen LogP contribution in [0.25, 0.3) is 0 Å². The summed E-state index contributed by atoms with van der Waals surface area (Å²) in [6, 6.07) is 3.05. The van der Waals surface area contributed by atoms with E-state index in [1.807, 2.05) is 0 Å². The Balaban J connectivity index is 2.86. The molecule has 1 rings (SSSR count). The third-order valence-electron chi connectivity index (χ3n) is 2.09. The van der Waals surface area contributed by atoms with Crippen molar-refractivity contribution in [1.29, 1.82) is 0 Å². The molecule has 0 radical (unpaired) electrons. The number of esters is 1. The van der Waals surface area contributed by atoms with E-state index in [4.69, 9.17) is 9.47 Å². The zero-order chi connectivity index (χ0) is 15.3. The van der Waals surface area contributed by atoms with Crippen molar-refractivity contribution in [3.8, 4) is 0 Å². The Morgan fingerprint density at radius 3 is 2.50 bits per heavy atom. The molecule has 20 heavy (non-hydrogen) atoms. The Hall–Kier alpha value is -2.11. The molecule has 0 bridgehead atoms. The van der Waals surface area contributed by atoms with Crippen molar-refractivity contribution in [2.45, 2.75) is 40.2 Å². The maximum atomic E-state index is 11.7. The van der Waals surface area contributed by atoms with Gasteiger partial charge in [0.15, 0.2) is 0 Å². The molecule has 0 spiro atoms. The first kappa shape index (κ1) is 15.9. The first-order chi connectivity index (χ1) is 9.21. The quantitative estimate of drug-likeness (QED) is 0.861. The van der Waals surface area contributed by atoms with Crippen molar-refractivity contribution in [2.24, 2.45) is 0 Å². The summed E-state index contributed by atoms with van der Waals surface area (Å²) in [6.45, 7) is 9.03. The second kappa shape index (κ2) is 6.36. The van der Waals surface area contributed by atoms with Gasteiger partial charge in [-0.2, -0.15) is 0 Å². The Morgan fingerprint density at radius 2 is 1.95 bits per heavy atom. The Kier molecular flexibility index (Phi) is 5.07. The minimum atomic E-state index is -0.620. The lowest BCUT2D eigenvalue weighted by Crippen LogP contribution is -2.27. The predicted octanol–water partition coefficient (Wildman–Crippen LogP) is 2.91. The van der Waals surface area contributed by atoms with Gasteiger partial charge in [-0.05, 0) is 46.8 Å². The van der Waals surface area contributed by atoms with E-state index in [1.54, 1.807) is 40.7 Å². The number of aryl methyl sites for hydroxylation is 1. The third-order valence-corrected chi connectivity index (χ3v) is 2.09. The van der Waals surface area contributed by atoms with Crippen molar-refractivity contribution in [1.82, 2.24) is 4.98 Å². The summed E-state index contributed by atoms with van der Waals surface area (Å²) in [5.41, 5.74) is 0.338. The third kappa shape index (κ3) is 5.26. The molecule has 0 saturated heterocycles. The maximum Gasteiger partial charge on any atom is 0.413 e. The fourth-order valence-electron chi connectivity index (χ4n) is 1.47. The van der Waals surface area contributed by atoms with Crippen LogP contribution in [0.1, 0.15) is 43.7 Å². The smallest absolute Gasteiger partial charge is 0.413 e. The molecule has 110 valence electrons. The molecule has 0 atom stereocenters. The molecule has 1 amide bonds. The lowest BCUT2D eigenvalue weighted by molar-refractivity contribution is 0.0524. The van der Waals surface area contributed by atoms with Gasteiger partial charge >= 0.3 is 12.1 Å². The lowest BCUT2D eigenvalue weighted by atomic mass is 10.2. The lowest BCUT2D eigenvalue weighted by Gasteiger charge is -2.19. The number of nitrogens with one attached hydrogen (secondary N) is 1. The van der Waals surface area contributed by atoms with Gasteiger partial charge in [0.2, 0.25) is 0 Å². The molecule has 0 aliphatic heterocycles. The van der Waals surface area contributed by atoms with Crippen molar-refractivity contribution < 1.29 is 19.1 Å². The molecule has 1 heterocycles. The van der Waals surface area contributed by atoms with E-state index >= 15 is 0 Å². The number of pyridine rings is 1. The van der Waals surface area contributed by atoms with Crippen molar-refractivity contribution in [3.63, 3.8) is 0 Å². The fraction of sp³-hybridized carbons (Fsp3) is 0.500. The zero-order valence-electron chi connectivity index (χ0n) is 12.4. The van der Waals surface area contributed by atoms with E-state index in [1.165, 1.54) is 6.07 Å². The van der Waals surface area contributed by atoms with Gasteiger partial charge in [-0.1, -0.05) is 0 Å². The van der Waals surface area contributed by atoms with Crippen LogP contribution in [0, 0.1) is 6.92 Å². The van der Waals surface area contributed by atoms with Gasteiger partial charge in [-0.15, -0.1) is 0 Å². The van der Waals surface area contributed by atoms with E-state index in [0.717, 1.165) is 0 Å². The van der Waals surface area contributed by atoms with Crippen LogP contribution in [0.5, 0.6) is 0 Å². The first-order valence-corrected chi connectivity index (χ1v) is 6.37. The van der Waals surface area contributed by atoms with Crippen molar-refractivity contribution in [3.05, 3.63) is 23.4 Å². The van der Waals surface area contributed by atoms with E-state index in [-0.39, 0.29) is 12.4 Å². The van der Waals surface area contributed by atoms with Gasteiger partial charge in [0.25, 0.3) is 0 Å². The number of ether oxygens (including phenoxy) is 2. The summed E-state index contributed by atoms with van der Waals surface area (Å²) >= 11 is 0. The molecule has 1 aromatic rings. The monoisotopic (exact) mass is 280 g/mol. The number of hydrogen-bond donors (Lipinski definition) is 1. The van der Waals surface area contributed by atoms with Crippen LogP contribution in [0.3, 0.4) is 0 Å². The number of amides is 1. The Bertz CT molecular complexity index is 506. The van der Waals surface area contributed by atoms with Gasteiger partial charge in [0.05, 0.1) is 12.2 Å². The molecular weight excluding hydrogens is 260 g/mol. The highest BCUT2D eigenvalue weighted by atomic mass is 16.6. The number of aromatic nitrogens is 1. The molecule has 0 aromatic carbocycles. The van der Waals surface area contributed by atoms with E-state index in [2.05, 4.69) is 10.3 Å². The average Bonchev–Trinajstić information content (AvgIpc) is 2.25. The predicted molar refractivity (Wildman–Crippen MR) is 74.8 cm³/mol. The van der Waals surface area contributed by atoms with Gasteiger partial charge in [0, 0.05) is 5.69 Å². The second-order valence-corrected chi connectivity index (χ2v) is 5.23. The highest BCUT2D eigenvalue weighted by molar-refractivity contribution is 5.92. The largest absolute Gasteiger partial charge is 0.462 e. The zero-order valence-corrected chi connectivity index (χ0v) is 12.4.